The van der Waals surface area contributed by atoms with Gasteiger partial charge in [-0.3, -0.25) is 4.79 Å². The third kappa shape index (κ3) is 4.15. The predicted molar refractivity (Wildman–Crippen MR) is 99.9 cm³/mol. The van der Waals surface area contributed by atoms with Crippen LogP contribution < -0.4 is 10.5 Å². The van der Waals surface area contributed by atoms with Gasteiger partial charge >= 0.3 is 6.61 Å². The van der Waals surface area contributed by atoms with Gasteiger partial charge in [0.25, 0.3) is 0 Å². The lowest BCUT2D eigenvalue weighted by Gasteiger charge is -2.45. The van der Waals surface area contributed by atoms with Gasteiger partial charge in [-0.2, -0.15) is 8.78 Å². The largest absolute Gasteiger partial charge is 0.435 e. The van der Waals surface area contributed by atoms with E-state index < -0.39 is 6.61 Å². The molecule has 3 unspecified atom stereocenters. The highest BCUT2D eigenvalue weighted by Crippen LogP contribution is 2.42. The molecule has 3 atom stereocenters. The summed E-state index contributed by atoms with van der Waals surface area (Å²) in [4.78, 5) is 15.1. The van der Waals surface area contributed by atoms with E-state index in [1.54, 1.807) is 12.1 Å². The lowest BCUT2D eigenvalue weighted by molar-refractivity contribution is -0.146. The molecule has 1 aromatic rings. The zero-order valence-electron chi connectivity index (χ0n) is 15.9. The smallest absolute Gasteiger partial charge is 0.387 e. The van der Waals surface area contributed by atoms with Crippen molar-refractivity contribution in [3.63, 3.8) is 0 Å². The first-order chi connectivity index (χ1) is 13.5. The average Bonchev–Trinajstić information content (AvgIpc) is 2.67. The number of morpholine rings is 1. The Morgan fingerprint density at radius 1 is 1.25 bits per heavy atom. The van der Waals surface area contributed by atoms with E-state index in [0.717, 1.165) is 31.2 Å². The van der Waals surface area contributed by atoms with Crippen LogP contribution in [0.3, 0.4) is 0 Å². The topological polar surface area (TPSA) is 64.8 Å². The van der Waals surface area contributed by atoms with Crippen LogP contribution in [0.1, 0.15) is 43.8 Å². The van der Waals surface area contributed by atoms with Crippen LogP contribution in [0.2, 0.25) is 0 Å². The van der Waals surface area contributed by atoms with E-state index in [9.17, 15) is 13.6 Å². The fourth-order valence-corrected chi connectivity index (χ4v) is 5.19. The van der Waals surface area contributed by atoms with Crippen molar-refractivity contribution in [3.05, 3.63) is 29.8 Å². The Morgan fingerprint density at radius 3 is 2.71 bits per heavy atom. The van der Waals surface area contributed by atoms with E-state index in [2.05, 4.69) is 4.74 Å². The molecule has 1 heterocycles. The molecule has 0 spiro atoms. The minimum Gasteiger partial charge on any atom is -0.435 e. The lowest BCUT2D eigenvalue weighted by atomic mass is 9.65. The Labute approximate surface area is 164 Å². The van der Waals surface area contributed by atoms with E-state index >= 15 is 0 Å². The minimum atomic E-state index is -2.86. The molecule has 1 amide bonds. The summed E-state index contributed by atoms with van der Waals surface area (Å²) in [5.74, 6) is 1.26. The summed E-state index contributed by atoms with van der Waals surface area (Å²) >= 11 is 0. The summed E-state index contributed by atoms with van der Waals surface area (Å²) < 4.78 is 35.3. The maximum Gasteiger partial charge on any atom is 0.387 e. The van der Waals surface area contributed by atoms with E-state index in [1.165, 1.54) is 12.5 Å². The number of rotatable bonds is 4. The summed E-state index contributed by atoms with van der Waals surface area (Å²) in [5, 5.41) is 0. The molecule has 5 nitrogen and oxygen atoms in total. The van der Waals surface area contributed by atoms with Crippen molar-refractivity contribution >= 4 is 5.91 Å². The first-order valence-corrected chi connectivity index (χ1v) is 10.2. The summed E-state index contributed by atoms with van der Waals surface area (Å²) in [5.41, 5.74) is 7.11. The number of nitrogens with two attached hydrogens (primary N) is 1. The molecule has 2 aliphatic carbocycles. The molecule has 4 rings (SSSR count). The molecular formula is C21H28F2N2O3. The number of carbonyl (C=O) groups excluding carboxylic acids is 1. The van der Waals surface area contributed by atoms with Crippen LogP contribution in [0, 0.1) is 17.8 Å². The van der Waals surface area contributed by atoms with Gasteiger partial charge < -0.3 is 20.1 Å². The fourth-order valence-electron chi connectivity index (χ4n) is 5.19. The third-order valence-corrected chi connectivity index (χ3v) is 6.60. The second-order valence-electron chi connectivity index (χ2n) is 8.29. The van der Waals surface area contributed by atoms with Crippen LogP contribution in [-0.2, 0) is 9.53 Å². The molecule has 1 aliphatic heterocycles. The maximum absolute atomic E-state index is 13.2. The molecule has 2 N–H and O–H groups in total. The Bertz CT molecular complexity index is 688. The van der Waals surface area contributed by atoms with Gasteiger partial charge in [0.1, 0.15) is 11.9 Å². The average molecular weight is 394 g/mol. The molecule has 0 aromatic heterocycles. The molecule has 154 valence electrons. The van der Waals surface area contributed by atoms with Gasteiger partial charge in [-0.15, -0.1) is 0 Å². The number of fused-ring (bicyclic) bond motifs is 2. The van der Waals surface area contributed by atoms with Crippen LogP contribution in [0.25, 0.3) is 0 Å². The minimum absolute atomic E-state index is 0.0438. The van der Waals surface area contributed by atoms with Crippen molar-refractivity contribution in [2.45, 2.75) is 50.9 Å². The molecule has 0 radical (unpaired) electrons. The number of ether oxygens (including phenoxy) is 2. The van der Waals surface area contributed by atoms with Crippen LogP contribution >= 0.6 is 0 Å². The third-order valence-electron chi connectivity index (χ3n) is 6.60. The molecule has 3 fully saturated rings. The zero-order valence-corrected chi connectivity index (χ0v) is 15.9. The van der Waals surface area contributed by atoms with Crippen molar-refractivity contribution in [2.24, 2.45) is 23.5 Å². The van der Waals surface area contributed by atoms with Crippen molar-refractivity contribution in [3.8, 4) is 5.75 Å². The highest BCUT2D eigenvalue weighted by molar-refractivity contribution is 5.79. The molecule has 2 bridgehead atoms. The Morgan fingerprint density at radius 2 is 2.00 bits per heavy atom. The predicted octanol–water partition coefficient (Wildman–Crippen LogP) is 3.34. The van der Waals surface area contributed by atoms with Crippen LogP contribution in [0.5, 0.6) is 5.75 Å². The zero-order chi connectivity index (χ0) is 19.7. The van der Waals surface area contributed by atoms with E-state index in [1.807, 2.05) is 11.0 Å². The van der Waals surface area contributed by atoms with E-state index in [0.29, 0.717) is 31.5 Å². The number of hydrogen-bond acceptors (Lipinski definition) is 4. The lowest BCUT2D eigenvalue weighted by Crippen LogP contribution is -2.51. The molecule has 2 saturated carbocycles. The second kappa shape index (κ2) is 8.33. The number of nitrogens with zero attached hydrogens (tertiary/aromatic N) is 1. The summed E-state index contributed by atoms with van der Waals surface area (Å²) in [6.07, 6.45) is 4.92. The highest BCUT2D eigenvalue weighted by Gasteiger charge is 2.42. The van der Waals surface area contributed by atoms with Crippen LogP contribution in [0.15, 0.2) is 24.3 Å². The number of amides is 1. The van der Waals surface area contributed by atoms with Crippen molar-refractivity contribution in [2.75, 3.05) is 19.7 Å². The molecule has 28 heavy (non-hydrogen) atoms. The number of hydrogen-bond donors (Lipinski definition) is 1. The van der Waals surface area contributed by atoms with Crippen molar-refractivity contribution in [1.82, 2.24) is 4.90 Å². The molecule has 3 aliphatic rings. The van der Waals surface area contributed by atoms with Gasteiger partial charge in [0.15, 0.2) is 0 Å². The monoisotopic (exact) mass is 394 g/mol. The van der Waals surface area contributed by atoms with Crippen molar-refractivity contribution in [1.29, 1.82) is 0 Å². The van der Waals surface area contributed by atoms with Gasteiger partial charge in [0, 0.05) is 18.5 Å². The van der Waals surface area contributed by atoms with E-state index in [-0.39, 0.29) is 29.7 Å². The summed E-state index contributed by atoms with van der Waals surface area (Å²) in [6, 6.07) is 6.79. The number of halogens is 2. The van der Waals surface area contributed by atoms with Gasteiger partial charge in [0.05, 0.1) is 13.2 Å². The maximum atomic E-state index is 13.2. The first-order valence-electron chi connectivity index (χ1n) is 10.2. The Balaban J connectivity index is 1.42. The normalized spacial score (nSPS) is 33.0. The highest BCUT2D eigenvalue weighted by atomic mass is 19.3. The second-order valence-corrected chi connectivity index (χ2v) is 8.29. The summed E-state index contributed by atoms with van der Waals surface area (Å²) in [7, 11) is 0. The number of benzene rings is 1. The summed E-state index contributed by atoms with van der Waals surface area (Å²) in [6.45, 7) is -1.41. The fraction of sp³-hybridized carbons (Fsp3) is 0.667. The SMILES string of the molecule is NC1C2CCCC1CC(C(=O)N1CCOC(c3cccc(OC(F)F)c3)C1)C2. The standard InChI is InChI=1S/C21H28F2N2O3/c22-21(23)28-17-6-2-3-13(11-17)18-12-25(7-8-27-18)20(26)16-9-14-4-1-5-15(10-16)19(14)24/h2-3,6,11,14-16,18-19,21H,1,4-5,7-10,12,24H2. The van der Waals surface area contributed by atoms with Crippen LogP contribution in [-0.4, -0.2) is 43.2 Å². The number of carbonyl (C=O) groups is 1. The molecule has 7 heteroatoms. The Hall–Kier alpha value is -1.73. The molecule has 1 saturated heterocycles. The quantitative estimate of drug-likeness (QED) is 0.851. The van der Waals surface area contributed by atoms with Gasteiger partial charge in [-0.25, -0.2) is 0 Å². The van der Waals surface area contributed by atoms with Crippen molar-refractivity contribution < 1.29 is 23.0 Å². The Kier molecular flexibility index (Phi) is 5.83. The van der Waals surface area contributed by atoms with Gasteiger partial charge in [-0.05, 0) is 55.2 Å². The van der Waals surface area contributed by atoms with Gasteiger partial charge in [-0.1, -0.05) is 18.6 Å². The molecular weight excluding hydrogens is 366 g/mol. The first kappa shape index (κ1) is 19.6. The number of alkyl halides is 2. The van der Waals surface area contributed by atoms with Gasteiger partial charge in [0.2, 0.25) is 5.91 Å². The van der Waals surface area contributed by atoms with Crippen LogP contribution in [0.4, 0.5) is 8.78 Å². The molecule has 1 aromatic carbocycles. The van der Waals surface area contributed by atoms with E-state index in [4.69, 9.17) is 10.5 Å².